The third-order valence-corrected chi connectivity index (χ3v) is 3.33. The van der Waals surface area contributed by atoms with Gasteiger partial charge in [-0.2, -0.15) is 0 Å². The van der Waals surface area contributed by atoms with Crippen LogP contribution in [0.3, 0.4) is 0 Å². The molecule has 3 heteroatoms. The van der Waals surface area contributed by atoms with Crippen LogP contribution in [0, 0.1) is 0 Å². The van der Waals surface area contributed by atoms with E-state index in [1.54, 1.807) is 0 Å². The number of likely N-dealkylation sites (tertiary alicyclic amines) is 1. The van der Waals surface area contributed by atoms with Crippen molar-refractivity contribution in [3.05, 3.63) is 12.7 Å². The molecule has 0 amide bonds. The Balaban J connectivity index is 2.43. The van der Waals surface area contributed by atoms with Crippen molar-refractivity contribution >= 4 is 0 Å². The average Bonchev–Trinajstić information content (AvgIpc) is 2.62. The first-order chi connectivity index (χ1) is 7.45. The van der Waals surface area contributed by atoms with Gasteiger partial charge >= 0.3 is 0 Å². The summed E-state index contributed by atoms with van der Waals surface area (Å²) < 4.78 is 0. The lowest BCUT2D eigenvalue weighted by molar-refractivity contribution is -0.0164. The summed E-state index contributed by atoms with van der Waals surface area (Å²) in [6.45, 7) is 9.02. The number of hydrogen-bond donors (Lipinski definition) is 2. The van der Waals surface area contributed by atoms with E-state index in [1.165, 1.54) is 0 Å². The van der Waals surface area contributed by atoms with Gasteiger partial charge < -0.3 is 10.2 Å². The number of rotatable bonds is 6. The second kappa shape index (κ2) is 5.80. The molecule has 1 aliphatic rings. The van der Waals surface area contributed by atoms with E-state index in [4.69, 9.17) is 0 Å². The van der Waals surface area contributed by atoms with Gasteiger partial charge in [0.1, 0.15) is 0 Å². The molecular formula is C13H25NO2. The Morgan fingerprint density at radius 1 is 1.56 bits per heavy atom. The number of nitrogens with zero attached hydrogens (tertiary/aromatic N) is 1. The Hall–Kier alpha value is -0.380. The third-order valence-electron chi connectivity index (χ3n) is 3.33. The fraction of sp³-hybridized carbons (Fsp3) is 0.846. The van der Waals surface area contributed by atoms with Gasteiger partial charge in [-0.3, -0.25) is 4.90 Å². The van der Waals surface area contributed by atoms with Gasteiger partial charge in [0.2, 0.25) is 0 Å². The van der Waals surface area contributed by atoms with Crippen LogP contribution >= 0.6 is 0 Å². The summed E-state index contributed by atoms with van der Waals surface area (Å²) in [7, 11) is 0. The van der Waals surface area contributed by atoms with Crippen molar-refractivity contribution in [1.82, 2.24) is 4.90 Å². The molecule has 0 aromatic heterocycles. The van der Waals surface area contributed by atoms with Gasteiger partial charge in [-0.1, -0.05) is 6.08 Å². The molecule has 0 bridgehead atoms. The van der Waals surface area contributed by atoms with Gasteiger partial charge in [-0.15, -0.1) is 6.58 Å². The van der Waals surface area contributed by atoms with Crippen molar-refractivity contribution in [1.29, 1.82) is 0 Å². The van der Waals surface area contributed by atoms with Gasteiger partial charge in [0.15, 0.2) is 0 Å². The van der Waals surface area contributed by atoms with Crippen molar-refractivity contribution in [2.24, 2.45) is 0 Å². The van der Waals surface area contributed by atoms with Crippen molar-refractivity contribution < 1.29 is 10.2 Å². The molecule has 1 rings (SSSR count). The summed E-state index contributed by atoms with van der Waals surface area (Å²) in [6.07, 6.45) is 5.28. The SMILES string of the molecule is C=CCCC(O)CN1CCCC1C(C)(C)O. The van der Waals surface area contributed by atoms with Gasteiger partial charge in [0.25, 0.3) is 0 Å². The third kappa shape index (κ3) is 3.89. The maximum Gasteiger partial charge on any atom is 0.0746 e. The lowest BCUT2D eigenvalue weighted by Crippen LogP contribution is -2.48. The molecule has 3 nitrogen and oxygen atoms in total. The van der Waals surface area contributed by atoms with Crippen LogP contribution in [0.25, 0.3) is 0 Å². The van der Waals surface area contributed by atoms with Crippen molar-refractivity contribution in [2.75, 3.05) is 13.1 Å². The van der Waals surface area contributed by atoms with E-state index >= 15 is 0 Å². The Labute approximate surface area is 98.8 Å². The van der Waals surface area contributed by atoms with Crippen LogP contribution in [0.5, 0.6) is 0 Å². The van der Waals surface area contributed by atoms with Crippen LogP contribution in [0.15, 0.2) is 12.7 Å². The van der Waals surface area contributed by atoms with Crippen LogP contribution in [-0.2, 0) is 0 Å². The maximum atomic E-state index is 10.0. The first-order valence-corrected chi connectivity index (χ1v) is 6.20. The molecule has 0 aromatic rings. The average molecular weight is 227 g/mol. The highest BCUT2D eigenvalue weighted by Crippen LogP contribution is 2.26. The summed E-state index contributed by atoms with van der Waals surface area (Å²) in [6, 6.07) is 0.186. The van der Waals surface area contributed by atoms with Gasteiger partial charge in [0, 0.05) is 12.6 Å². The fourth-order valence-corrected chi connectivity index (χ4v) is 2.52. The Morgan fingerprint density at radius 2 is 2.25 bits per heavy atom. The number of β-amino-alcohol motifs (C(OH)–C–C–N with tert-alkyl or cyclic N) is 1. The predicted molar refractivity (Wildman–Crippen MR) is 66.3 cm³/mol. The molecule has 2 unspecified atom stereocenters. The topological polar surface area (TPSA) is 43.7 Å². The quantitative estimate of drug-likeness (QED) is 0.677. The molecule has 16 heavy (non-hydrogen) atoms. The number of hydrogen-bond acceptors (Lipinski definition) is 3. The monoisotopic (exact) mass is 227 g/mol. The first kappa shape index (κ1) is 13.7. The van der Waals surface area contributed by atoms with E-state index in [2.05, 4.69) is 11.5 Å². The maximum absolute atomic E-state index is 10.0. The molecule has 0 aromatic carbocycles. The highest BCUT2D eigenvalue weighted by molar-refractivity contribution is 4.91. The van der Waals surface area contributed by atoms with Crippen LogP contribution in [0.1, 0.15) is 39.5 Å². The fourth-order valence-electron chi connectivity index (χ4n) is 2.52. The van der Waals surface area contributed by atoms with E-state index in [9.17, 15) is 10.2 Å². The summed E-state index contributed by atoms with van der Waals surface area (Å²) in [4.78, 5) is 2.22. The zero-order valence-corrected chi connectivity index (χ0v) is 10.5. The first-order valence-electron chi connectivity index (χ1n) is 6.20. The van der Waals surface area contributed by atoms with Gasteiger partial charge in [-0.25, -0.2) is 0 Å². The van der Waals surface area contributed by atoms with Crippen molar-refractivity contribution in [2.45, 2.75) is 57.3 Å². The highest BCUT2D eigenvalue weighted by atomic mass is 16.3. The molecule has 1 saturated heterocycles. The largest absolute Gasteiger partial charge is 0.392 e. The van der Waals surface area contributed by atoms with Crippen LogP contribution in [-0.4, -0.2) is 45.9 Å². The van der Waals surface area contributed by atoms with E-state index < -0.39 is 5.60 Å². The lowest BCUT2D eigenvalue weighted by Gasteiger charge is -2.34. The van der Waals surface area contributed by atoms with Gasteiger partial charge in [-0.05, 0) is 46.1 Å². The van der Waals surface area contributed by atoms with E-state index in [1.807, 2.05) is 19.9 Å². The molecule has 0 saturated carbocycles. The summed E-state index contributed by atoms with van der Waals surface area (Å²) in [5.41, 5.74) is -0.672. The molecule has 0 radical (unpaired) electrons. The Kier molecular flexibility index (Phi) is 4.96. The zero-order chi connectivity index (χ0) is 12.2. The molecular weight excluding hydrogens is 202 g/mol. The molecule has 2 atom stereocenters. The number of aliphatic hydroxyl groups excluding tert-OH is 1. The van der Waals surface area contributed by atoms with Crippen LogP contribution in [0.4, 0.5) is 0 Å². The van der Waals surface area contributed by atoms with E-state index in [-0.39, 0.29) is 12.1 Å². The molecule has 94 valence electrons. The second-order valence-corrected chi connectivity index (χ2v) is 5.33. The molecule has 1 heterocycles. The molecule has 1 aliphatic heterocycles. The summed E-state index contributed by atoms with van der Waals surface area (Å²) in [5, 5.41) is 19.9. The summed E-state index contributed by atoms with van der Waals surface area (Å²) in [5.74, 6) is 0. The lowest BCUT2D eigenvalue weighted by atomic mass is 9.96. The minimum Gasteiger partial charge on any atom is -0.392 e. The summed E-state index contributed by atoms with van der Waals surface area (Å²) >= 11 is 0. The number of aliphatic hydroxyl groups is 2. The second-order valence-electron chi connectivity index (χ2n) is 5.33. The molecule has 1 fully saturated rings. The molecule has 0 aliphatic carbocycles. The molecule has 0 spiro atoms. The minimum atomic E-state index is -0.672. The number of allylic oxidation sites excluding steroid dienone is 1. The van der Waals surface area contributed by atoms with E-state index in [0.717, 1.165) is 32.2 Å². The Morgan fingerprint density at radius 3 is 2.81 bits per heavy atom. The van der Waals surface area contributed by atoms with Crippen molar-refractivity contribution in [3.8, 4) is 0 Å². The highest BCUT2D eigenvalue weighted by Gasteiger charge is 2.36. The normalized spacial score (nSPS) is 24.6. The van der Waals surface area contributed by atoms with E-state index in [0.29, 0.717) is 6.54 Å². The van der Waals surface area contributed by atoms with Crippen LogP contribution < -0.4 is 0 Å². The van der Waals surface area contributed by atoms with Gasteiger partial charge in [0.05, 0.1) is 11.7 Å². The standard InChI is InChI=1S/C13H25NO2/c1-4-5-7-11(15)10-14-9-6-8-12(14)13(2,3)16/h4,11-12,15-16H,1,5-10H2,2-3H3. The molecule has 2 N–H and O–H groups in total. The Bertz CT molecular complexity index is 222. The minimum absolute atomic E-state index is 0.186. The smallest absolute Gasteiger partial charge is 0.0746 e. The van der Waals surface area contributed by atoms with Crippen LogP contribution in [0.2, 0.25) is 0 Å². The predicted octanol–water partition coefficient (Wildman–Crippen LogP) is 1.55. The van der Waals surface area contributed by atoms with Crippen molar-refractivity contribution in [3.63, 3.8) is 0 Å². The zero-order valence-electron chi connectivity index (χ0n) is 10.5.